The van der Waals surface area contributed by atoms with E-state index < -0.39 is 11.3 Å². The number of fused-ring (bicyclic) bond motifs is 4. The standard InChI is InChI=1S/C11H8O3/c1-2-3-7-6-8-4-5-9(7)11(13)14-10(8)12/h2,4-6H,1,3H2. The molecule has 3 nitrogen and oxygen atoms in total. The molecule has 1 aromatic carbocycles. The van der Waals surface area contributed by atoms with Crippen molar-refractivity contribution in [2.24, 2.45) is 0 Å². The largest absolute Gasteiger partial charge is 0.386 e. The third kappa shape index (κ3) is 1.23. The first kappa shape index (κ1) is 8.69. The van der Waals surface area contributed by atoms with Crippen LogP contribution in [0.25, 0.3) is 10.8 Å². The van der Waals surface area contributed by atoms with Gasteiger partial charge in [-0.3, -0.25) is 0 Å². The Morgan fingerprint density at radius 2 is 2.07 bits per heavy atom. The van der Waals surface area contributed by atoms with Gasteiger partial charge in [-0.15, -0.1) is 6.58 Å². The van der Waals surface area contributed by atoms with Crippen molar-refractivity contribution in [3.8, 4) is 0 Å². The minimum absolute atomic E-state index is 0.413. The first-order valence-corrected chi connectivity index (χ1v) is 4.22. The van der Waals surface area contributed by atoms with E-state index in [0.717, 1.165) is 5.56 Å². The second-order valence-corrected chi connectivity index (χ2v) is 3.04. The molecule has 0 saturated heterocycles. The van der Waals surface area contributed by atoms with Crippen molar-refractivity contribution < 1.29 is 4.42 Å². The number of allylic oxidation sites excluding steroid dienone is 1. The van der Waals surface area contributed by atoms with Gasteiger partial charge in [0.1, 0.15) is 0 Å². The van der Waals surface area contributed by atoms with Crippen LogP contribution in [0.5, 0.6) is 0 Å². The SMILES string of the molecule is C=CCc1cc2ccc1c(=O)oc2=O. The molecule has 2 heterocycles. The average molecular weight is 188 g/mol. The van der Waals surface area contributed by atoms with Gasteiger partial charge in [0.25, 0.3) is 0 Å². The molecule has 0 radical (unpaired) electrons. The highest BCUT2D eigenvalue weighted by Gasteiger charge is 2.06. The van der Waals surface area contributed by atoms with E-state index in [4.69, 9.17) is 0 Å². The van der Waals surface area contributed by atoms with Crippen molar-refractivity contribution >= 4 is 10.8 Å². The van der Waals surface area contributed by atoms with Crippen LogP contribution in [-0.4, -0.2) is 0 Å². The molecule has 0 fully saturated rings. The highest BCUT2D eigenvalue weighted by atomic mass is 16.4. The number of hydrogen-bond donors (Lipinski definition) is 0. The Morgan fingerprint density at radius 3 is 2.79 bits per heavy atom. The summed E-state index contributed by atoms with van der Waals surface area (Å²) < 4.78 is 4.57. The second kappa shape index (κ2) is 3.10. The first-order chi connectivity index (χ1) is 6.72. The van der Waals surface area contributed by atoms with E-state index in [1.807, 2.05) is 0 Å². The van der Waals surface area contributed by atoms with Gasteiger partial charge >= 0.3 is 11.3 Å². The molecular formula is C11H8O3. The van der Waals surface area contributed by atoms with E-state index in [-0.39, 0.29) is 0 Å². The van der Waals surface area contributed by atoms with E-state index in [9.17, 15) is 9.59 Å². The summed E-state index contributed by atoms with van der Waals surface area (Å²) >= 11 is 0. The van der Waals surface area contributed by atoms with Crippen molar-refractivity contribution in [2.45, 2.75) is 6.42 Å². The van der Waals surface area contributed by atoms with Crippen molar-refractivity contribution in [3.05, 3.63) is 57.3 Å². The zero-order valence-corrected chi connectivity index (χ0v) is 7.45. The molecule has 3 aromatic rings. The lowest BCUT2D eigenvalue weighted by Crippen LogP contribution is -2.02. The molecule has 14 heavy (non-hydrogen) atoms. The molecule has 3 rings (SSSR count). The van der Waals surface area contributed by atoms with E-state index >= 15 is 0 Å². The molecule has 0 aliphatic carbocycles. The summed E-state index contributed by atoms with van der Waals surface area (Å²) in [5, 5.41) is 0.857. The fourth-order valence-electron chi connectivity index (χ4n) is 1.44. The second-order valence-electron chi connectivity index (χ2n) is 3.04. The van der Waals surface area contributed by atoms with E-state index in [2.05, 4.69) is 11.0 Å². The minimum atomic E-state index is -0.583. The lowest BCUT2D eigenvalue weighted by molar-refractivity contribution is 0.491. The maximum absolute atomic E-state index is 11.3. The molecule has 0 amide bonds. The van der Waals surface area contributed by atoms with E-state index in [1.54, 1.807) is 24.3 Å². The lowest BCUT2D eigenvalue weighted by atomic mass is 10.1. The maximum Gasteiger partial charge on any atom is 0.346 e. The normalized spacial score (nSPS) is 10.6. The van der Waals surface area contributed by atoms with E-state index in [1.165, 1.54) is 0 Å². The van der Waals surface area contributed by atoms with Gasteiger partial charge in [0.05, 0.1) is 10.8 Å². The molecule has 0 saturated carbocycles. The summed E-state index contributed by atoms with van der Waals surface area (Å²) in [5.41, 5.74) is -0.375. The zero-order valence-electron chi connectivity index (χ0n) is 7.45. The van der Waals surface area contributed by atoms with Crippen molar-refractivity contribution in [2.75, 3.05) is 0 Å². The zero-order chi connectivity index (χ0) is 10.1. The summed E-state index contributed by atoms with van der Waals surface area (Å²) in [6.07, 6.45) is 2.25. The van der Waals surface area contributed by atoms with Crippen LogP contribution in [-0.2, 0) is 6.42 Å². The third-order valence-electron chi connectivity index (χ3n) is 2.11. The van der Waals surface area contributed by atoms with Gasteiger partial charge < -0.3 is 4.42 Å². The molecule has 3 heteroatoms. The van der Waals surface area contributed by atoms with Gasteiger partial charge in [-0.2, -0.15) is 0 Å². The van der Waals surface area contributed by atoms with Crippen LogP contribution in [0.15, 0.2) is 44.9 Å². The predicted octanol–water partition coefficient (Wildman–Crippen LogP) is 1.32. The Bertz CT molecular complexity index is 580. The number of benzene rings is 1. The fourth-order valence-corrected chi connectivity index (χ4v) is 1.44. The van der Waals surface area contributed by atoms with Crippen molar-refractivity contribution in [1.29, 1.82) is 0 Å². The van der Waals surface area contributed by atoms with Gasteiger partial charge in [0.2, 0.25) is 0 Å². The van der Waals surface area contributed by atoms with Crippen LogP contribution in [0.2, 0.25) is 0 Å². The van der Waals surface area contributed by atoms with Crippen molar-refractivity contribution in [3.63, 3.8) is 0 Å². The molecule has 0 N–H and O–H groups in total. The monoisotopic (exact) mass is 188 g/mol. The van der Waals surface area contributed by atoms with Crippen LogP contribution in [0.1, 0.15) is 5.56 Å². The van der Waals surface area contributed by atoms with Crippen LogP contribution in [0.3, 0.4) is 0 Å². The average Bonchev–Trinajstić information content (AvgIpc) is 2.35. The molecule has 2 bridgehead atoms. The topological polar surface area (TPSA) is 47.3 Å². The van der Waals surface area contributed by atoms with Gasteiger partial charge in [-0.1, -0.05) is 6.08 Å². The third-order valence-corrected chi connectivity index (χ3v) is 2.11. The molecule has 2 aromatic heterocycles. The van der Waals surface area contributed by atoms with Gasteiger partial charge in [-0.05, 0) is 30.2 Å². The van der Waals surface area contributed by atoms with Crippen LogP contribution in [0, 0.1) is 0 Å². The fraction of sp³-hybridized carbons (Fsp3) is 0.0909. The predicted molar refractivity (Wildman–Crippen MR) is 53.8 cm³/mol. The van der Waals surface area contributed by atoms with Gasteiger partial charge in [0, 0.05) is 0 Å². The smallest absolute Gasteiger partial charge is 0.346 e. The van der Waals surface area contributed by atoms with Gasteiger partial charge in [0.15, 0.2) is 0 Å². The molecule has 0 spiro atoms. The summed E-state index contributed by atoms with van der Waals surface area (Å²) in [6.45, 7) is 3.59. The highest BCUT2D eigenvalue weighted by Crippen LogP contribution is 2.11. The summed E-state index contributed by atoms with van der Waals surface area (Å²) in [5.74, 6) is 0. The number of rotatable bonds is 2. The Morgan fingerprint density at radius 1 is 1.29 bits per heavy atom. The van der Waals surface area contributed by atoms with Gasteiger partial charge in [-0.25, -0.2) is 9.59 Å². The Balaban J connectivity index is 2.96. The molecule has 70 valence electrons. The number of hydrogen-bond acceptors (Lipinski definition) is 3. The molecule has 0 aliphatic heterocycles. The highest BCUT2D eigenvalue weighted by molar-refractivity contribution is 5.68. The lowest BCUT2D eigenvalue weighted by Gasteiger charge is -1.94. The quantitative estimate of drug-likeness (QED) is 0.668. The van der Waals surface area contributed by atoms with Crippen LogP contribution >= 0.6 is 0 Å². The molecule has 0 atom stereocenters. The Labute approximate surface area is 79.6 Å². The molecule has 0 aliphatic rings. The first-order valence-electron chi connectivity index (χ1n) is 4.22. The van der Waals surface area contributed by atoms with Crippen LogP contribution in [0.4, 0.5) is 0 Å². The van der Waals surface area contributed by atoms with E-state index in [0.29, 0.717) is 17.2 Å². The Hall–Kier alpha value is -1.90. The molecule has 0 unspecified atom stereocenters. The molecular weight excluding hydrogens is 180 g/mol. The maximum atomic E-state index is 11.3. The van der Waals surface area contributed by atoms with Crippen molar-refractivity contribution in [1.82, 2.24) is 0 Å². The van der Waals surface area contributed by atoms with Crippen LogP contribution < -0.4 is 11.3 Å². The summed E-state index contributed by atoms with van der Waals surface area (Å²) in [6, 6.07) is 4.88. The summed E-state index contributed by atoms with van der Waals surface area (Å²) in [4.78, 5) is 22.6. The summed E-state index contributed by atoms with van der Waals surface area (Å²) in [7, 11) is 0. The Kier molecular flexibility index (Phi) is 1.93. The minimum Gasteiger partial charge on any atom is -0.386 e.